The maximum atomic E-state index is 10.9. The molecule has 1 atom stereocenters. The zero-order valence-electron chi connectivity index (χ0n) is 8.10. The molecule has 0 spiro atoms. The molecule has 0 fully saturated rings. The Bertz CT molecular complexity index is 193. The highest BCUT2D eigenvalue weighted by atomic mass is 16.1. The van der Waals surface area contributed by atoms with Gasteiger partial charge in [-0.1, -0.05) is 32.8 Å². The third-order valence-corrected chi connectivity index (χ3v) is 2.72. The van der Waals surface area contributed by atoms with Gasteiger partial charge in [-0.2, -0.15) is 0 Å². The summed E-state index contributed by atoms with van der Waals surface area (Å²) in [5.41, 5.74) is 0.309. The second-order valence-corrected chi connectivity index (χ2v) is 4.06. The number of hydrogen-bond acceptors (Lipinski definition) is 1. The van der Waals surface area contributed by atoms with Crippen LogP contribution in [0, 0.1) is 5.41 Å². The molecular formula is C11H18O. The first-order valence-electron chi connectivity index (χ1n) is 4.88. The Hall–Kier alpha value is -0.590. The van der Waals surface area contributed by atoms with Crippen molar-refractivity contribution in [1.82, 2.24) is 0 Å². The summed E-state index contributed by atoms with van der Waals surface area (Å²) in [5.74, 6) is 0.295. The van der Waals surface area contributed by atoms with Crippen molar-refractivity contribution in [3.63, 3.8) is 0 Å². The summed E-state index contributed by atoms with van der Waals surface area (Å²) in [6.45, 7) is 4.46. The second kappa shape index (κ2) is 3.88. The molecule has 1 aliphatic rings. The van der Waals surface area contributed by atoms with Gasteiger partial charge in [-0.25, -0.2) is 0 Å². The molecule has 1 heteroatoms. The van der Waals surface area contributed by atoms with Gasteiger partial charge >= 0.3 is 0 Å². The van der Waals surface area contributed by atoms with Crippen molar-refractivity contribution in [2.75, 3.05) is 0 Å². The van der Waals surface area contributed by atoms with E-state index in [0.717, 1.165) is 12.8 Å². The molecule has 0 saturated carbocycles. The van der Waals surface area contributed by atoms with Crippen LogP contribution in [-0.2, 0) is 4.79 Å². The van der Waals surface area contributed by atoms with E-state index in [1.807, 2.05) is 0 Å². The number of unbranched alkanes of at least 4 members (excludes halogenated alkanes) is 1. The molecule has 0 saturated heterocycles. The standard InChI is InChI=1S/C11H18O/c1-3-4-7-11(2)8-5-10(12)6-9-11/h5,8H,3-4,6-7,9H2,1-2H3. The maximum absolute atomic E-state index is 10.9. The highest BCUT2D eigenvalue weighted by Crippen LogP contribution is 2.34. The van der Waals surface area contributed by atoms with E-state index in [9.17, 15) is 4.79 Å². The molecule has 0 bridgehead atoms. The van der Waals surface area contributed by atoms with Crippen LogP contribution in [0.15, 0.2) is 12.2 Å². The maximum Gasteiger partial charge on any atom is 0.155 e. The summed E-state index contributed by atoms with van der Waals surface area (Å²) in [6.07, 6.45) is 9.41. The molecule has 1 aliphatic carbocycles. The molecule has 0 aromatic heterocycles. The Kier molecular flexibility index (Phi) is 3.07. The average Bonchev–Trinajstić information content (AvgIpc) is 2.08. The lowest BCUT2D eigenvalue weighted by molar-refractivity contribution is -0.115. The molecular weight excluding hydrogens is 148 g/mol. The molecule has 1 nitrogen and oxygen atoms in total. The highest BCUT2D eigenvalue weighted by molar-refractivity contribution is 5.90. The Morgan fingerprint density at radius 1 is 1.58 bits per heavy atom. The summed E-state index contributed by atoms with van der Waals surface area (Å²) in [7, 11) is 0. The zero-order valence-corrected chi connectivity index (χ0v) is 8.10. The summed E-state index contributed by atoms with van der Waals surface area (Å²) in [5, 5.41) is 0. The zero-order chi connectivity index (χ0) is 9.03. The quantitative estimate of drug-likeness (QED) is 0.629. The van der Waals surface area contributed by atoms with Gasteiger partial charge in [0.05, 0.1) is 0 Å². The first-order valence-corrected chi connectivity index (χ1v) is 4.88. The van der Waals surface area contributed by atoms with Crippen LogP contribution in [0.4, 0.5) is 0 Å². The van der Waals surface area contributed by atoms with Crippen molar-refractivity contribution in [2.45, 2.75) is 46.0 Å². The lowest BCUT2D eigenvalue weighted by atomic mass is 9.77. The number of hydrogen-bond donors (Lipinski definition) is 0. The van der Waals surface area contributed by atoms with Crippen LogP contribution < -0.4 is 0 Å². The molecule has 0 N–H and O–H groups in total. The Morgan fingerprint density at radius 2 is 2.33 bits per heavy atom. The fourth-order valence-corrected chi connectivity index (χ4v) is 1.66. The molecule has 0 aromatic carbocycles. The van der Waals surface area contributed by atoms with Crippen LogP contribution in [-0.4, -0.2) is 5.78 Å². The van der Waals surface area contributed by atoms with Gasteiger partial charge in [0.1, 0.15) is 0 Å². The summed E-state index contributed by atoms with van der Waals surface area (Å²) < 4.78 is 0. The Morgan fingerprint density at radius 3 is 2.83 bits per heavy atom. The van der Waals surface area contributed by atoms with Gasteiger partial charge in [0.2, 0.25) is 0 Å². The van der Waals surface area contributed by atoms with Gasteiger partial charge in [-0.05, 0) is 24.3 Å². The number of allylic oxidation sites excluding steroid dienone is 2. The number of carbonyl (C=O) groups is 1. The van der Waals surface area contributed by atoms with E-state index in [-0.39, 0.29) is 0 Å². The monoisotopic (exact) mass is 166 g/mol. The van der Waals surface area contributed by atoms with Crippen molar-refractivity contribution >= 4 is 5.78 Å². The largest absolute Gasteiger partial charge is 0.295 e. The number of rotatable bonds is 3. The molecule has 0 amide bonds. The van der Waals surface area contributed by atoms with Crippen LogP contribution in [0.1, 0.15) is 46.0 Å². The van der Waals surface area contributed by atoms with Crippen molar-refractivity contribution in [3.05, 3.63) is 12.2 Å². The Balaban J connectivity index is 2.49. The molecule has 0 aromatic rings. The third-order valence-electron chi connectivity index (χ3n) is 2.72. The molecule has 1 unspecified atom stereocenters. The number of ketones is 1. The third kappa shape index (κ3) is 2.47. The molecule has 0 radical (unpaired) electrons. The minimum atomic E-state index is 0.295. The lowest BCUT2D eigenvalue weighted by Crippen LogP contribution is -2.19. The highest BCUT2D eigenvalue weighted by Gasteiger charge is 2.24. The minimum absolute atomic E-state index is 0.295. The summed E-state index contributed by atoms with van der Waals surface area (Å²) >= 11 is 0. The lowest BCUT2D eigenvalue weighted by Gasteiger charge is -2.28. The second-order valence-electron chi connectivity index (χ2n) is 4.06. The van der Waals surface area contributed by atoms with Gasteiger partial charge in [0.15, 0.2) is 5.78 Å². The van der Waals surface area contributed by atoms with E-state index in [2.05, 4.69) is 19.9 Å². The fraction of sp³-hybridized carbons (Fsp3) is 0.727. The predicted molar refractivity (Wildman–Crippen MR) is 51.0 cm³/mol. The van der Waals surface area contributed by atoms with Crippen molar-refractivity contribution in [1.29, 1.82) is 0 Å². The molecule has 1 rings (SSSR count). The SMILES string of the molecule is CCCCC1(C)C=CC(=O)CC1. The first-order chi connectivity index (χ1) is 5.66. The molecule has 0 heterocycles. The smallest absolute Gasteiger partial charge is 0.155 e. The molecule has 0 aliphatic heterocycles. The van der Waals surface area contributed by atoms with Gasteiger partial charge in [-0.3, -0.25) is 4.79 Å². The molecule has 68 valence electrons. The van der Waals surface area contributed by atoms with E-state index < -0.39 is 0 Å². The van der Waals surface area contributed by atoms with E-state index in [0.29, 0.717) is 11.2 Å². The van der Waals surface area contributed by atoms with E-state index >= 15 is 0 Å². The average molecular weight is 166 g/mol. The van der Waals surface area contributed by atoms with Gasteiger partial charge in [0.25, 0.3) is 0 Å². The van der Waals surface area contributed by atoms with Crippen molar-refractivity contribution in [2.24, 2.45) is 5.41 Å². The number of carbonyl (C=O) groups excluding carboxylic acids is 1. The van der Waals surface area contributed by atoms with Crippen molar-refractivity contribution < 1.29 is 4.79 Å². The van der Waals surface area contributed by atoms with Crippen LogP contribution >= 0.6 is 0 Å². The van der Waals surface area contributed by atoms with Crippen LogP contribution in [0.2, 0.25) is 0 Å². The van der Waals surface area contributed by atoms with Crippen LogP contribution in [0.3, 0.4) is 0 Å². The normalized spacial score (nSPS) is 29.3. The van der Waals surface area contributed by atoms with E-state index in [4.69, 9.17) is 0 Å². The van der Waals surface area contributed by atoms with Crippen LogP contribution in [0.5, 0.6) is 0 Å². The summed E-state index contributed by atoms with van der Waals surface area (Å²) in [4.78, 5) is 10.9. The van der Waals surface area contributed by atoms with Crippen molar-refractivity contribution in [3.8, 4) is 0 Å². The molecule has 12 heavy (non-hydrogen) atoms. The van der Waals surface area contributed by atoms with Gasteiger partial charge < -0.3 is 0 Å². The first kappa shape index (κ1) is 9.50. The van der Waals surface area contributed by atoms with Gasteiger partial charge in [0, 0.05) is 6.42 Å². The topological polar surface area (TPSA) is 17.1 Å². The van der Waals surface area contributed by atoms with Crippen LogP contribution in [0.25, 0.3) is 0 Å². The van der Waals surface area contributed by atoms with Gasteiger partial charge in [-0.15, -0.1) is 0 Å². The van der Waals surface area contributed by atoms with E-state index in [1.54, 1.807) is 6.08 Å². The summed E-state index contributed by atoms with van der Waals surface area (Å²) in [6, 6.07) is 0. The predicted octanol–water partition coefficient (Wildman–Crippen LogP) is 3.10. The fourth-order valence-electron chi connectivity index (χ4n) is 1.66. The van der Waals surface area contributed by atoms with E-state index in [1.165, 1.54) is 19.3 Å². The minimum Gasteiger partial charge on any atom is -0.295 e. The Labute approximate surface area is 74.9 Å².